The van der Waals surface area contributed by atoms with Crippen molar-refractivity contribution in [2.75, 3.05) is 13.2 Å². The van der Waals surface area contributed by atoms with Crippen molar-refractivity contribution >= 4 is 10.8 Å². The Labute approximate surface area is 209 Å². The monoisotopic (exact) mass is 489 g/mol. The normalized spacial score (nSPS) is 16.0. The van der Waals surface area contributed by atoms with Crippen molar-refractivity contribution in [2.45, 2.75) is 38.1 Å². The third-order valence-electron chi connectivity index (χ3n) is 6.57. The van der Waals surface area contributed by atoms with Crippen LogP contribution in [0.3, 0.4) is 0 Å². The van der Waals surface area contributed by atoms with E-state index in [0.29, 0.717) is 40.7 Å². The summed E-state index contributed by atoms with van der Waals surface area (Å²) in [6, 6.07) is 19.7. The number of benzene rings is 4. The molecule has 4 aromatic rings. The summed E-state index contributed by atoms with van der Waals surface area (Å²) in [5.74, 6) is 0.562. The van der Waals surface area contributed by atoms with Gasteiger partial charge in [-0.05, 0) is 97.4 Å². The van der Waals surface area contributed by atoms with Crippen molar-refractivity contribution < 1.29 is 23.4 Å². The van der Waals surface area contributed by atoms with Crippen molar-refractivity contribution in [1.29, 1.82) is 0 Å². The Morgan fingerprint density at radius 1 is 0.833 bits per heavy atom. The van der Waals surface area contributed by atoms with E-state index >= 15 is 0 Å². The molecule has 5 rings (SSSR count). The van der Waals surface area contributed by atoms with E-state index in [1.807, 2.05) is 24.3 Å². The van der Waals surface area contributed by atoms with Gasteiger partial charge in [0.2, 0.25) is 0 Å². The topological polar surface area (TPSA) is 50.7 Å². The SMILES string of the molecule is Oc1ccc2c(Oc3ccc(OCCC4CCCCCN4)cc3)c(-c3cc(F)cc(F)c3)ccc2c1. The number of fused-ring (bicyclic) bond motifs is 1. The van der Waals surface area contributed by atoms with Crippen LogP contribution in [-0.4, -0.2) is 24.3 Å². The van der Waals surface area contributed by atoms with E-state index < -0.39 is 11.6 Å². The molecule has 1 atom stereocenters. The molecule has 0 aromatic heterocycles. The Balaban J connectivity index is 1.37. The van der Waals surface area contributed by atoms with Crippen molar-refractivity contribution in [3.63, 3.8) is 0 Å². The van der Waals surface area contributed by atoms with Gasteiger partial charge in [-0.2, -0.15) is 0 Å². The van der Waals surface area contributed by atoms with Crippen LogP contribution in [-0.2, 0) is 0 Å². The zero-order valence-electron chi connectivity index (χ0n) is 20.0. The number of hydrogen-bond acceptors (Lipinski definition) is 4. The fourth-order valence-corrected chi connectivity index (χ4v) is 4.72. The number of aromatic hydroxyl groups is 1. The van der Waals surface area contributed by atoms with Crippen LogP contribution in [0.25, 0.3) is 21.9 Å². The first-order chi connectivity index (χ1) is 17.5. The Bertz CT molecular complexity index is 1310. The van der Waals surface area contributed by atoms with Crippen molar-refractivity contribution in [1.82, 2.24) is 5.32 Å². The van der Waals surface area contributed by atoms with Gasteiger partial charge in [-0.3, -0.25) is 0 Å². The summed E-state index contributed by atoms with van der Waals surface area (Å²) >= 11 is 0. The molecule has 1 unspecified atom stereocenters. The van der Waals surface area contributed by atoms with Gasteiger partial charge >= 0.3 is 0 Å². The van der Waals surface area contributed by atoms with Crippen LogP contribution < -0.4 is 14.8 Å². The second-order valence-electron chi connectivity index (χ2n) is 9.22. The van der Waals surface area contributed by atoms with Crippen LogP contribution in [0.2, 0.25) is 0 Å². The second-order valence-corrected chi connectivity index (χ2v) is 9.22. The Morgan fingerprint density at radius 3 is 2.42 bits per heavy atom. The molecule has 6 heteroatoms. The fraction of sp³-hybridized carbons (Fsp3) is 0.267. The lowest BCUT2D eigenvalue weighted by atomic mass is 9.99. The summed E-state index contributed by atoms with van der Waals surface area (Å²) in [6.07, 6.45) is 5.96. The average molecular weight is 490 g/mol. The van der Waals surface area contributed by atoms with Crippen LogP contribution in [0, 0.1) is 11.6 Å². The highest BCUT2D eigenvalue weighted by atomic mass is 19.1. The molecule has 0 aliphatic carbocycles. The highest BCUT2D eigenvalue weighted by molar-refractivity contribution is 5.96. The molecule has 2 N–H and O–H groups in total. The van der Waals surface area contributed by atoms with E-state index in [-0.39, 0.29) is 5.75 Å². The van der Waals surface area contributed by atoms with E-state index in [9.17, 15) is 13.9 Å². The van der Waals surface area contributed by atoms with Gasteiger partial charge in [0.1, 0.15) is 34.6 Å². The molecule has 0 amide bonds. The maximum atomic E-state index is 14.0. The van der Waals surface area contributed by atoms with Gasteiger partial charge in [0.15, 0.2) is 0 Å². The fourth-order valence-electron chi connectivity index (χ4n) is 4.72. The van der Waals surface area contributed by atoms with Gasteiger partial charge in [-0.15, -0.1) is 0 Å². The first-order valence-electron chi connectivity index (χ1n) is 12.4. The number of phenols is 1. The van der Waals surface area contributed by atoms with Gasteiger partial charge < -0.3 is 19.9 Å². The highest BCUT2D eigenvalue weighted by Gasteiger charge is 2.15. The van der Waals surface area contributed by atoms with Crippen LogP contribution >= 0.6 is 0 Å². The first kappa shape index (κ1) is 24.1. The molecule has 4 nitrogen and oxygen atoms in total. The van der Waals surface area contributed by atoms with Crippen LogP contribution in [0.15, 0.2) is 72.8 Å². The van der Waals surface area contributed by atoms with E-state index in [4.69, 9.17) is 9.47 Å². The summed E-state index contributed by atoms with van der Waals surface area (Å²) in [6.45, 7) is 1.72. The number of phenolic OH excluding ortho intramolecular Hbond substituents is 1. The molecule has 0 radical (unpaired) electrons. The lowest BCUT2D eigenvalue weighted by Gasteiger charge is -2.17. The van der Waals surface area contributed by atoms with Crippen LogP contribution in [0.5, 0.6) is 23.0 Å². The average Bonchev–Trinajstić information content (AvgIpc) is 3.13. The molecule has 1 aliphatic rings. The van der Waals surface area contributed by atoms with Crippen LogP contribution in [0.4, 0.5) is 8.78 Å². The minimum Gasteiger partial charge on any atom is -0.508 e. The second kappa shape index (κ2) is 11.0. The van der Waals surface area contributed by atoms with Gasteiger partial charge in [0, 0.05) is 23.1 Å². The van der Waals surface area contributed by atoms with Crippen molar-refractivity contribution in [3.8, 4) is 34.1 Å². The zero-order chi connectivity index (χ0) is 24.9. The molecule has 1 heterocycles. The van der Waals surface area contributed by atoms with Gasteiger partial charge in [0.25, 0.3) is 0 Å². The molecule has 36 heavy (non-hydrogen) atoms. The molecular formula is C30H29F2NO3. The number of ether oxygens (including phenoxy) is 2. The van der Waals surface area contributed by atoms with Gasteiger partial charge in [-0.25, -0.2) is 8.78 Å². The highest BCUT2D eigenvalue weighted by Crippen LogP contribution is 2.41. The summed E-state index contributed by atoms with van der Waals surface area (Å²) < 4.78 is 40.2. The maximum Gasteiger partial charge on any atom is 0.143 e. The molecule has 4 aromatic carbocycles. The Morgan fingerprint density at radius 2 is 1.61 bits per heavy atom. The Kier molecular flexibility index (Phi) is 7.33. The van der Waals surface area contributed by atoms with E-state index in [0.717, 1.165) is 30.2 Å². The van der Waals surface area contributed by atoms with Crippen molar-refractivity contribution in [2.24, 2.45) is 0 Å². The number of hydrogen-bond donors (Lipinski definition) is 2. The minimum atomic E-state index is -0.665. The summed E-state index contributed by atoms with van der Waals surface area (Å²) in [5.41, 5.74) is 0.910. The summed E-state index contributed by atoms with van der Waals surface area (Å²) in [5, 5.41) is 15.0. The van der Waals surface area contributed by atoms with Crippen LogP contribution in [0.1, 0.15) is 32.1 Å². The van der Waals surface area contributed by atoms with Gasteiger partial charge in [-0.1, -0.05) is 18.9 Å². The molecule has 1 saturated heterocycles. The zero-order valence-corrected chi connectivity index (χ0v) is 20.0. The number of halogens is 2. The Hall–Kier alpha value is -3.64. The molecule has 0 saturated carbocycles. The third-order valence-corrected chi connectivity index (χ3v) is 6.57. The maximum absolute atomic E-state index is 14.0. The van der Waals surface area contributed by atoms with E-state index in [1.54, 1.807) is 30.3 Å². The number of nitrogens with one attached hydrogen (secondary N) is 1. The minimum absolute atomic E-state index is 0.124. The van der Waals surface area contributed by atoms with Gasteiger partial charge in [0.05, 0.1) is 6.61 Å². The molecule has 0 spiro atoms. The predicted octanol–water partition coefficient (Wildman–Crippen LogP) is 7.58. The molecule has 0 bridgehead atoms. The standard InChI is InChI=1S/C30H29F2NO3/c31-22-16-21(17-23(32)19-22)29-11-5-20-18-25(34)6-12-28(20)30(29)36-27-9-7-26(8-10-27)35-15-13-24-4-2-1-3-14-33-24/h5-12,16-19,24,33-34H,1-4,13-15H2. The molecule has 1 aliphatic heterocycles. The predicted molar refractivity (Wildman–Crippen MR) is 138 cm³/mol. The lowest BCUT2D eigenvalue weighted by molar-refractivity contribution is 0.283. The van der Waals surface area contributed by atoms with Crippen molar-refractivity contribution in [3.05, 3.63) is 84.4 Å². The molecular weight excluding hydrogens is 460 g/mol. The van der Waals surface area contributed by atoms with E-state index in [1.165, 1.54) is 37.8 Å². The largest absolute Gasteiger partial charge is 0.508 e. The lowest BCUT2D eigenvalue weighted by Crippen LogP contribution is -2.29. The summed E-state index contributed by atoms with van der Waals surface area (Å²) in [4.78, 5) is 0. The first-order valence-corrected chi connectivity index (χ1v) is 12.4. The summed E-state index contributed by atoms with van der Waals surface area (Å²) in [7, 11) is 0. The smallest absolute Gasteiger partial charge is 0.143 e. The van der Waals surface area contributed by atoms with E-state index in [2.05, 4.69) is 5.32 Å². The molecule has 1 fully saturated rings. The third kappa shape index (κ3) is 5.77. The number of rotatable bonds is 7. The molecule has 186 valence electrons. The quantitative estimate of drug-likeness (QED) is 0.281.